The topological polar surface area (TPSA) is 53.2 Å². The van der Waals surface area contributed by atoms with E-state index in [0.717, 1.165) is 12.1 Å². The molecule has 0 saturated heterocycles. The van der Waals surface area contributed by atoms with E-state index in [1.807, 2.05) is 0 Å². The molecule has 0 spiro atoms. The van der Waals surface area contributed by atoms with Gasteiger partial charge in [0.2, 0.25) is 5.43 Å². The van der Waals surface area contributed by atoms with Crippen LogP contribution in [0.25, 0.3) is 10.9 Å². The highest BCUT2D eigenvalue weighted by molar-refractivity contribution is 5.97. The molecular weight excluding hydrogens is 326 g/mol. The lowest BCUT2D eigenvalue weighted by atomic mass is 10.1. The van der Waals surface area contributed by atoms with Gasteiger partial charge in [0.15, 0.2) is 0 Å². The summed E-state index contributed by atoms with van der Waals surface area (Å²) in [6.45, 7) is 1.64. The van der Waals surface area contributed by atoms with Crippen molar-refractivity contribution in [1.29, 1.82) is 0 Å². The van der Waals surface area contributed by atoms with Gasteiger partial charge in [-0.2, -0.15) is 0 Å². The van der Waals surface area contributed by atoms with Crippen LogP contribution in [0.2, 0.25) is 0 Å². The van der Waals surface area contributed by atoms with Gasteiger partial charge in [-0.15, -0.1) is 0 Å². The molecule has 0 fully saturated rings. The van der Waals surface area contributed by atoms with Gasteiger partial charge in [-0.3, -0.25) is 9.59 Å². The van der Waals surface area contributed by atoms with Gasteiger partial charge in [-0.25, -0.2) is 8.78 Å². The Morgan fingerprint density at radius 2 is 1.76 bits per heavy atom. The summed E-state index contributed by atoms with van der Waals surface area (Å²) in [5.74, 6) is -2.02. The molecule has 0 atom stereocenters. The lowest BCUT2D eigenvalue weighted by Crippen LogP contribution is -2.34. The first-order valence-electron chi connectivity index (χ1n) is 7.85. The van der Waals surface area contributed by atoms with E-state index in [2.05, 4.69) is 4.98 Å². The van der Waals surface area contributed by atoms with Crippen molar-refractivity contribution in [1.82, 2.24) is 9.88 Å². The summed E-state index contributed by atoms with van der Waals surface area (Å²) < 4.78 is 27.7. The molecule has 0 saturated carbocycles. The molecule has 3 rings (SSSR count). The normalized spacial score (nSPS) is 10.8. The molecule has 1 heterocycles. The van der Waals surface area contributed by atoms with Gasteiger partial charge in [0.05, 0.1) is 6.54 Å². The molecule has 1 N–H and O–H groups in total. The minimum atomic E-state index is -0.723. The fourth-order valence-corrected chi connectivity index (χ4v) is 2.70. The van der Waals surface area contributed by atoms with Crippen molar-refractivity contribution in [2.24, 2.45) is 0 Å². The van der Waals surface area contributed by atoms with E-state index in [-0.39, 0.29) is 24.2 Å². The molecule has 2 aromatic carbocycles. The van der Waals surface area contributed by atoms with Crippen LogP contribution in [0.1, 0.15) is 22.8 Å². The number of amides is 1. The number of para-hydroxylation sites is 1. The van der Waals surface area contributed by atoms with E-state index in [1.165, 1.54) is 17.2 Å². The largest absolute Gasteiger partial charge is 0.360 e. The van der Waals surface area contributed by atoms with E-state index >= 15 is 0 Å². The summed E-state index contributed by atoms with van der Waals surface area (Å²) in [5.41, 5.74) is -0.0498. The minimum Gasteiger partial charge on any atom is -0.360 e. The number of nitrogens with zero attached hydrogens (tertiary/aromatic N) is 1. The number of halogens is 2. The number of hydrogen-bond acceptors (Lipinski definition) is 2. The molecule has 0 aliphatic rings. The lowest BCUT2D eigenvalue weighted by Gasteiger charge is -2.21. The Hall–Kier alpha value is -3.02. The van der Waals surface area contributed by atoms with Crippen molar-refractivity contribution in [2.75, 3.05) is 6.54 Å². The van der Waals surface area contributed by atoms with Crippen LogP contribution < -0.4 is 5.43 Å². The fourth-order valence-electron chi connectivity index (χ4n) is 2.70. The fraction of sp³-hybridized carbons (Fsp3) is 0.158. The third-order valence-corrected chi connectivity index (χ3v) is 4.10. The molecule has 1 aromatic heterocycles. The zero-order valence-corrected chi connectivity index (χ0v) is 13.6. The van der Waals surface area contributed by atoms with Crippen molar-refractivity contribution in [3.05, 3.63) is 81.6 Å². The second-order valence-corrected chi connectivity index (χ2v) is 5.60. The summed E-state index contributed by atoms with van der Waals surface area (Å²) in [7, 11) is 0. The third kappa shape index (κ3) is 3.15. The van der Waals surface area contributed by atoms with E-state index in [4.69, 9.17) is 0 Å². The van der Waals surface area contributed by atoms with E-state index < -0.39 is 23.0 Å². The maximum atomic E-state index is 13.9. The SMILES string of the molecule is CCN(Cc1c(F)cccc1F)C(=O)c1c[nH]c2ccccc2c1=O. The second-order valence-electron chi connectivity index (χ2n) is 5.60. The molecule has 1 amide bonds. The van der Waals surface area contributed by atoms with Gasteiger partial charge < -0.3 is 9.88 Å². The summed E-state index contributed by atoms with van der Waals surface area (Å²) >= 11 is 0. The summed E-state index contributed by atoms with van der Waals surface area (Å²) in [5, 5.41) is 0.390. The summed E-state index contributed by atoms with van der Waals surface area (Å²) in [6.07, 6.45) is 1.34. The number of carbonyl (C=O) groups excluding carboxylic acids is 1. The molecule has 6 heteroatoms. The Kier molecular flexibility index (Phi) is 4.61. The van der Waals surface area contributed by atoms with Crippen LogP contribution in [-0.4, -0.2) is 22.3 Å². The van der Waals surface area contributed by atoms with Gasteiger partial charge in [0, 0.05) is 29.2 Å². The minimum absolute atomic E-state index is 0.0581. The smallest absolute Gasteiger partial charge is 0.259 e. The van der Waals surface area contributed by atoms with Crippen LogP contribution in [-0.2, 0) is 6.54 Å². The van der Waals surface area contributed by atoms with E-state index in [0.29, 0.717) is 10.9 Å². The van der Waals surface area contributed by atoms with Gasteiger partial charge in [-0.1, -0.05) is 18.2 Å². The number of aromatic nitrogens is 1. The van der Waals surface area contributed by atoms with Gasteiger partial charge >= 0.3 is 0 Å². The molecule has 3 aromatic rings. The number of hydrogen-bond donors (Lipinski definition) is 1. The predicted molar refractivity (Wildman–Crippen MR) is 91.3 cm³/mol. The number of aromatic amines is 1. The van der Waals surface area contributed by atoms with Crippen LogP contribution in [0.5, 0.6) is 0 Å². The average Bonchev–Trinajstić information content (AvgIpc) is 2.62. The first kappa shape index (κ1) is 16.8. The Balaban J connectivity index is 1.98. The Morgan fingerprint density at radius 3 is 2.44 bits per heavy atom. The Morgan fingerprint density at radius 1 is 1.08 bits per heavy atom. The van der Waals surface area contributed by atoms with Crippen LogP contribution in [0.4, 0.5) is 8.78 Å². The molecule has 0 radical (unpaired) electrons. The molecule has 0 bridgehead atoms. The number of benzene rings is 2. The number of rotatable bonds is 4. The summed E-state index contributed by atoms with van der Waals surface area (Å²) in [4.78, 5) is 29.4. The standard InChI is InChI=1S/C19H16F2N2O2/c1-2-23(11-14-15(20)7-5-8-16(14)21)19(25)13-10-22-17-9-4-3-6-12(17)18(13)24/h3-10H,2,11H2,1H3,(H,22,24). The molecule has 25 heavy (non-hydrogen) atoms. The molecule has 0 aliphatic carbocycles. The Labute approximate surface area is 142 Å². The number of pyridine rings is 1. The third-order valence-electron chi connectivity index (χ3n) is 4.10. The molecular formula is C19H16F2N2O2. The first-order valence-corrected chi connectivity index (χ1v) is 7.85. The molecule has 0 unspecified atom stereocenters. The Bertz CT molecular complexity index is 978. The van der Waals surface area contributed by atoms with Crippen LogP contribution in [0.3, 0.4) is 0 Å². The molecule has 128 valence electrons. The molecule has 4 nitrogen and oxygen atoms in total. The first-order chi connectivity index (χ1) is 12.0. The van der Waals surface area contributed by atoms with Crippen LogP contribution in [0.15, 0.2) is 53.5 Å². The highest BCUT2D eigenvalue weighted by Crippen LogP contribution is 2.16. The van der Waals surface area contributed by atoms with Crippen molar-refractivity contribution in [3.8, 4) is 0 Å². The van der Waals surface area contributed by atoms with E-state index in [1.54, 1.807) is 31.2 Å². The van der Waals surface area contributed by atoms with Crippen molar-refractivity contribution >= 4 is 16.8 Å². The lowest BCUT2D eigenvalue weighted by molar-refractivity contribution is 0.0748. The van der Waals surface area contributed by atoms with Crippen molar-refractivity contribution in [2.45, 2.75) is 13.5 Å². The number of carbonyl (C=O) groups is 1. The highest BCUT2D eigenvalue weighted by Gasteiger charge is 2.21. The highest BCUT2D eigenvalue weighted by atomic mass is 19.1. The maximum Gasteiger partial charge on any atom is 0.259 e. The average molecular weight is 342 g/mol. The number of H-pyrrole nitrogens is 1. The van der Waals surface area contributed by atoms with Gasteiger partial charge in [0.25, 0.3) is 5.91 Å². The second kappa shape index (κ2) is 6.84. The van der Waals surface area contributed by atoms with Gasteiger partial charge in [0.1, 0.15) is 17.2 Å². The van der Waals surface area contributed by atoms with Crippen LogP contribution in [0, 0.1) is 11.6 Å². The number of nitrogens with one attached hydrogen (secondary N) is 1. The monoisotopic (exact) mass is 342 g/mol. The summed E-state index contributed by atoms with van der Waals surface area (Å²) in [6, 6.07) is 10.4. The van der Waals surface area contributed by atoms with Crippen molar-refractivity contribution in [3.63, 3.8) is 0 Å². The quantitative estimate of drug-likeness (QED) is 0.789. The zero-order valence-electron chi connectivity index (χ0n) is 13.6. The molecule has 0 aliphatic heterocycles. The zero-order chi connectivity index (χ0) is 18.0. The maximum absolute atomic E-state index is 13.9. The van der Waals surface area contributed by atoms with E-state index in [9.17, 15) is 18.4 Å². The van der Waals surface area contributed by atoms with Crippen molar-refractivity contribution < 1.29 is 13.6 Å². The van der Waals surface area contributed by atoms with Crippen LogP contribution >= 0.6 is 0 Å². The predicted octanol–water partition coefficient (Wildman–Crippen LogP) is 3.47. The number of fused-ring (bicyclic) bond motifs is 1. The van der Waals surface area contributed by atoms with Gasteiger partial charge in [-0.05, 0) is 31.2 Å².